The number of fused-ring (bicyclic) bond motifs is 1. The Bertz CT molecular complexity index is 618. The molecule has 0 atom stereocenters. The smallest absolute Gasteiger partial charge is 0.116 e. The highest BCUT2D eigenvalue weighted by atomic mass is 16.3. The van der Waals surface area contributed by atoms with Gasteiger partial charge in [-0.15, -0.1) is 0 Å². The third kappa shape index (κ3) is 1.37. The summed E-state index contributed by atoms with van der Waals surface area (Å²) in [4.78, 5) is 0. The highest BCUT2D eigenvalue weighted by Gasteiger charge is 2.05. The minimum Gasteiger partial charge on any atom is -0.508 e. The van der Waals surface area contributed by atoms with Crippen molar-refractivity contribution in [2.45, 2.75) is 0 Å². The zero-order chi connectivity index (χ0) is 10.8. The van der Waals surface area contributed by atoms with Crippen molar-refractivity contribution in [3.63, 3.8) is 0 Å². The Labute approximate surface area is 86.4 Å². The Kier molecular flexibility index (Phi) is 2.00. The van der Waals surface area contributed by atoms with Gasteiger partial charge in [0.05, 0.1) is 23.3 Å². The first-order chi connectivity index (χ1) is 7.26. The molecule has 0 aliphatic heterocycles. The molecule has 0 saturated heterocycles. The molecule has 3 nitrogen and oxygen atoms in total. The summed E-state index contributed by atoms with van der Waals surface area (Å²) in [6, 6.07) is 11.9. The third-order valence-corrected chi connectivity index (χ3v) is 2.24. The van der Waals surface area contributed by atoms with Gasteiger partial charge < -0.3 is 5.11 Å². The van der Waals surface area contributed by atoms with Crippen molar-refractivity contribution < 1.29 is 5.11 Å². The lowest BCUT2D eigenvalue weighted by molar-refractivity contribution is 0.476. The molecule has 0 amide bonds. The molecule has 0 bridgehead atoms. The van der Waals surface area contributed by atoms with E-state index in [1.165, 1.54) is 12.1 Å². The Balaban J connectivity index is 2.96. The predicted molar refractivity (Wildman–Crippen MR) is 55.0 cm³/mol. The van der Waals surface area contributed by atoms with Gasteiger partial charge in [0.2, 0.25) is 0 Å². The van der Waals surface area contributed by atoms with Gasteiger partial charge in [-0.1, -0.05) is 0 Å². The Morgan fingerprint density at radius 2 is 1.47 bits per heavy atom. The van der Waals surface area contributed by atoms with E-state index in [1.807, 2.05) is 12.1 Å². The summed E-state index contributed by atoms with van der Waals surface area (Å²) >= 11 is 0. The van der Waals surface area contributed by atoms with E-state index in [1.54, 1.807) is 18.2 Å². The summed E-state index contributed by atoms with van der Waals surface area (Å²) in [6.45, 7) is 0. The second kappa shape index (κ2) is 3.32. The first-order valence-corrected chi connectivity index (χ1v) is 4.32. The predicted octanol–water partition coefficient (Wildman–Crippen LogP) is 2.29. The molecule has 0 spiro atoms. The maximum Gasteiger partial charge on any atom is 0.116 e. The van der Waals surface area contributed by atoms with Gasteiger partial charge in [-0.05, 0) is 30.3 Å². The van der Waals surface area contributed by atoms with Crippen LogP contribution in [0.3, 0.4) is 0 Å². The zero-order valence-electron chi connectivity index (χ0n) is 7.73. The fourth-order valence-corrected chi connectivity index (χ4v) is 1.53. The molecule has 2 rings (SSSR count). The van der Waals surface area contributed by atoms with Gasteiger partial charge in [0, 0.05) is 10.8 Å². The normalized spacial score (nSPS) is 9.47. The maximum atomic E-state index is 9.32. The quantitative estimate of drug-likeness (QED) is 0.699. The van der Waals surface area contributed by atoms with E-state index in [9.17, 15) is 5.11 Å². The van der Waals surface area contributed by atoms with Crippen LogP contribution in [0, 0.1) is 22.7 Å². The van der Waals surface area contributed by atoms with Crippen LogP contribution in [-0.2, 0) is 0 Å². The standard InChI is InChI=1S/C12H6N2O/c13-6-8-1-2-9(7-14)12-5-10(15)3-4-11(8)12/h1-5,15H. The summed E-state index contributed by atoms with van der Waals surface area (Å²) in [7, 11) is 0. The summed E-state index contributed by atoms with van der Waals surface area (Å²) in [5.41, 5.74) is 0.962. The van der Waals surface area contributed by atoms with Gasteiger partial charge in [0.25, 0.3) is 0 Å². The largest absolute Gasteiger partial charge is 0.508 e. The minimum atomic E-state index is 0.0917. The van der Waals surface area contributed by atoms with E-state index >= 15 is 0 Å². The first-order valence-electron chi connectivity index (χ1n) is 4.32. The molecule has 2 aromatic carbocycles. The Morgan fingerprint density at radius 1 is 0.867 bits per heavy atom. The first kappa shape index (κ1) is 9.05. The molecule has 0 saturated carbocycles. The van der Waals surface area contributed by atoms with Crippen molar-refractivity contribution in [1.82, 2.24) is 0 Å². The summed E-state index contributed by atoms with van der Waals surface area (Å²) in [5, 5.41) is 28.4. The Morgan fingerprint density at radius 3 is 2.07 bits per heavy atom. The van der Waals surface area contributed by atoms with Crippen LogP contribution in [0.1, 0.15) is 11.1 Å². The van der Waals surface area contributed by atoms with Crippen LogP contribution < -0.4 is 0 Å². The van der Waals surface area contributed by atoms with E-state index < -0.39 is 0 Å². The van der Waals surface area contributed by atoms with Crippen molar-refractivity contribution in [2.24, 2.45) is 0 Å². The van der Waals surface area contributed by atoms with E-state index in [4.69, 9.17) is 10.5 Å². The van der Waals surface area contributed by atoms with E-state index in [2.05, 4.69) is 0 Å². The fraction of sp³-hybridized carbons (Fsp3) is 0. The van der Waals surface area contributed by atoms with Crippen LogP contribution in [0.25, 0.3) is 10.8 Å². The number of phenols is 1. The second-order valence-electron chi connectivity index (χ2n) is 3.11. The van der Waals surface area contributed by atoms with Gasteiger partial charge in [-0.2, -0.15) is 10.5 Å². The van der Waals surface area contributed by atoms with E-state index in [-0.39, 0.29) is 5.75 Å². The summed E-state index contributed by atoms with van der Waals surface area (Å²) in [6.07, 6.45) is 0. The summed E-state index contributed by atoms with van der Waals surface area (Å²) in [5.74, 6) is 0.0917. The number of nitriles is 2. The number of aromatic hydroxyl groups is 1. The highest BCUT2D eigenvalue weighted by molar-refractivity contribution is 5.93. The van der Waals surface area contributed by atoms with Gasteiger partial charge in [-0.3, -0.25) is 0 Å². The van der Waals surface area contributed by atoms with Gasteiger partial charge >= 0.3 is 0 Å². The Hall–Kier alpha value is -2.52. The average Bonchev–Trinajstić information content (AvgIpc) is 2.27. The topological polar surface area (TPSA) is 67.8 Å². The molecule has 0 aliphatic carbocycles. The number of benzene rings is 2. The molecule has 2 aromatic rings. The molecule has 15 heavy (non-hydrogen) atoms. The lowest BCUT2D eigenvalue weighted by atomic mass is 10.0. The van der Waals surface area contributed by atoms with Crippen LogP contribution >= 0.6 is 0 Å². The number of hydrogen-bond donors (Lipinski definition) is 1. The van der Waals surface area contributed by atoms with Crippen molar-refractivity contribution in [3.05, 3.63) is 41.5 Å². The SMILES string of the molecule is N#Cc1ccc(C#N)c2cc(O)ccc12. The highest BCUT2D eigenvalue weighted by Crippen LogP contribution is 2.25. The molecule has 1 N–H and O–H groups in total. The van der Waals surface area contributed by atoms with Crippen molar-refractivity contribution in [2.75, 3.05) is 0 Å². The van der Waals surface area contributed by atoms with Crippen LogP contribution in [0.4, 0.5) is 0 Å². The third-order valence-electron chi connectivity index (χ3n) is 2.24. The monoisotopic (exact) mass is 194 g/mol. The molecule has 0 aliphatic rings. The number of phenolic OH excluding ortho intramolecular Hbond substituents is 1. The minimum absolute atomic E-state index is 0.0917. The molecule has 3 heteroatoms. The van der Waals surface area contributed by atoms with Gasteiger partial charge in [0.15, 0.2) is 0 Å². The lowest BCUT2D eigenvalue weighted by Crippen LogP contribution is -1.84. The fourth-order valence-electron chi connectivity index (χ4n) is 1.53. The van der Waals surface area contributed by atoms with Crippen LogP contribution in [-0.4, -0.2) is 5.11 Å². The molecule has 0 radical (unpaired) electrons. The molecule has 0 aromatic heterocycles. The molecular weight excluding hydrogens is 188 g/mol. The van der Waals surface area contributed by atoms with Gasteiger partial charge in [0.1, 0.15) is 5.75 Å². The number of rotatable bonds is 0. The molecule has 0 unspecified atom stereocenters. The van der Waals surface area contributed by atoms with Crippen molar-refractivity contribution in [3.8, 4) is 17.9 Å². The van der Waals surface area contributed by atoms with Crippen molar-refractivity contribution >= 4 is 10.8 Å². The van der Waals surface area contributed by atoms with Crippen LogP contribution in [0.15, 0.2) is 30.3 Å². The maximum absolute atomic E-state index is 9.32. The zero-order valence-corrected chi connectivity index (χ0v) is 7.73. The lowest BCUT2D eigenvalue weighted by Gasteiger charge is -2.02. The van der Waals surface area contributed by atoms with Crippen molar-refractivity contribution in [1.29, 1.82) is 10.5 Å². The number of nitrogens with zero attached hydrogens (tertiary/aromatic N) is 2. The molecule has 70 valence electrons. The van der Waals surface area contributed by atoms with E-state index in [0.717, 1.165) is 0 Å². The molecular formula is C12H6N2O. The molecule has 0 fully saturated rings. The number of hydrogen-bond acceptors (Lipinski definition) is 3. The average molecular weight is 194 g/mol. The van der Waals surface area contributed by atoms with E-state index in [0.29, 0.717) is 21.9 Å². The summed E-state index contributed by atoms with van der Waals surface area (Å²) < 4.78 is 0. The molecule has 0 heterocycles. The second-order valence-corrected chi connectivity index (χ2v) is 3.11. The van der Waals surface area contributed by atoms with Gasteiger partial charge in [-0.25, -0.2) is 0 Å². The van der Waals surface area contributed by atoms with Crippen LogP contribution in [0.5, 0.6) is 5.75 Å². The van der Waals surface area contributed by atoms with Crippen LogP contribution in [0.2, 0.25) is 0 Å².